The Labute approximate surface area is 129 Å². The van der Waals surface area contributed by atoms with Gasteiger partial charge in [0.25, 0.3) is 0 Å². The van der Waals surface area contributed by atoms with E-state index < -0.39 is 11.4 Å². The van der Waals surface area contributed by atoms with Crippen molar-refractivity contribution in [1.82, 2.24) is 4.90 Å². The first kappa shape index (κ1) is 15.5. The molecule has 0 aromatic heterocycles. The van der Waals surface area contributed by atoms with E-state index in [1.165, 1.54) is 11.1 Å². The molecule has 3 nitrogen and oxygen atoms in total. The Bertz CT molecular complexity index is 503. The predicted molar refractivity (Wildman–Crippen MR) is 83.7 cm³/mol. The quantitative estimate of drug-likeness (QED) is 0.886. The first-order valence-corrected chi connectivity index (χ1v) is 7.97. The minimum Gasteiger partial charge on any atom is -0.481 e. The van der Waals surface area contributed by atoms with Crippen molar-refractivity contribution in [1.29, 1.82) is 0 Å². The number of halogens is 1. The van der Waals surface area contributed by atoms with E-state index >= 15 is 0 Å². The summed E-state index contributed by atoms with van der Waals surface area (Å²) < 4.78 is 1.12. The molecule has 110 valence electrons. The van der Waals surface area contributed by atoms with Crippen LogP contribution >= 0.6 is 15.9 Å². The van der Waals surface area contributed by atoms with Gasteiger partial charge in [-0.05, 0) is 43.5 Å². The summed E-state index contributed by atoms with van der Waals surface area (Å²) in [6.45, 7) is 6.50. The van der Waals surface area contributed by atoms with Crippen LogP contribution in [-0.2, 0) is 11.3 Å². The van der Waals surface area contributed by atoms with Crippen LogP contribution in [0.25, 0.3) is 0 Å². The number of rotatable bonds is 5. The Balaban J connectivity index is 2.05. The molecule has 0 saturated carbocycles. The number of nitrogens with zero attached hydrogens (tertiary/aromatic N) is 1. The Morgan fingerprint density at radius 1 is 1.50 bits per heavy atom. The molecule has 1 aliphatic heterocycles. The maximum Gasteiger partial charge on any atom is 0.310 e. The lowest BCUT2D eigenvalue weighted by Crippen LogP contribution is -2.34. The highest BCUT2D eigenvalue weighted by Gasteiger charge is 2.43. The van der Waals surface area contributed by atoms with E-state index in [-0.39, 0.29) is 0 Å². The molecule has 1 N–H and O–H groups in total. The molecule has 1 fully saturated rings. The minimum absolute atomic E-state index is 0.531. The second kappa shape index (κ2) is 6.27. The highest BCUT2D eigenvalue weighted by atomic mass is 79.9. The molecule has 2 rings (SSSR count). The van der Waals surface area contributed by atoms with Crippen molar-refractivity contribution in [2.75, 3.05) is 13.1 Å². The van der Waals surface area contributed by atoms with Crippen molar-refractivity contribution in [3.63, 3.8) is 0 Å². The van der Waals surface area contributed by atoms with Gasteiger partial charge in [0.15, 0.2) is 0 Å². The molecule has 0 radical (unpaired) electrons. The second-order valence-electron chi connectivity index (χ2n) is 5.88. The Hall–Kier alpha value is -0.870. The molecule has 0 amide bonds. The van der Waals surface area contributed by atoms with E-state index in [2.05, 4.69) is 52.9 Å². The van der Waals surface area contributed by atoms with Crippen LogP contribution in [0.4, 0.5) is 0 Å². The van der Waals surface area contributed by atoms with Crippen molar-refractivity contribution >= 4 is 21.9 Å². The average molecular weight is 340 g/mol. The smallest absolute Gasteiger partial charge is 0.310 e. The van der Waals surface area contributed by atoms with E-state index in [1.54, 1.807) is 0 Å². The molecule has 1 heterocycles. The molecule has 0 spiro atoms. The zero-order valence-corrected chi connectivity index (χ0v) is 13.7. The van der Waals surface area contributed by atoms with Crippen LogP contribution in [0.5, 0.6) is 0 Å². The summed E-state index contributed by atoms with van der Waals surface area (Å²) in [6, 6.07) is 6.36. The third kappa shape index (κ3) is 3.23. The molecular weight excluding hydrogens is 318 g/mol. The Kier molecular flexibility index (Phi) is 4.86. The number of hydrogen-bond acceptors (Lipinski definition) is 2. The molecule has 0 aliphatic carbocycles. The van der Waals surface area contributed by atoms with Crippen molar-refractivity contribution in [3.8, 4) is 0 Å². The van der Waals surface area contributed by atoms with Crippen molar-refractivity contribution in [2.45, 2.75) is 39.7 Å². The molecule has 1 unspecified atom stereocenters. The van der Waals surface area contributed by atoms with Gasteiger partial charge in [-0.1, -0.05) is 41.4 Å². The lowest BCUT2D eigenvalue weighted by Gasteiger charge is -2.24. The highest BCUT2D eigenvalue weighted by molar-refractivity contribution is 9.10. The molecule has 1 atom stereocenters. The Morgan fingerprint density at radius 3 is 2.85 bits per heavy atom. The summed E-state index contributed by atoms with van der Waals surface area (Å²) >= 11 is 3.55. The van der Waals surface area contributed by atoms with Crippen LogP contribution in [-0.4, -0.2) is 29.1 Å². The lowest BCUT2D eigenvalue weighted by molar-refractivity contribution is -0.148. The number of hydrogen-bond donors (Lipinski definition) is 1. The summed E-state index contributed by atoms with van der Waals surface area (Å²) in [6.07, 6.45) is 2.47. The molecule has 1 saturated heterocycles. The highest BCUT2D eigenvalue weighted by Crippen LogP contribution is 2.36. The Morgan fingerprint density at radius 2 is 2.25 bits per heavy atom. The van der Waals surface area contributed by atoms with Gasteiger partial charge < -0.3 is 5.11 Å². The predicted octanol–water partition coefficient (Wildman–Crippen LogP) is 3.83. The van der Waals surface area contributed by atoms with Crippen LogP contribution in [0.2, 0.25) is 0 Å². The molecule has 20 heavy (non-hydrogen) atoms. The number of aliphatic carboxylic acids is 1. The number of benzene rings is 1. The molecule has 1 aliphatic rings. The van der Waals surface area contributed by atoms with E-state index in [4.69, 9.17) is 0 Å². The zero-order valence-electron chi connectivity index (χ0n) is 12.2. The topological polar surface area (TPSA) is 40.5 Å². The molecule has 1 aromatic carbocycles. The third-order valence-electron chi connectivity index (χ3n) is 4.26. The third-order valence-corrected chi connectivity index (χ3v) is 5.11. The number of aryl methyl sites for hydroxylation is 1. The maximum absolute atomic E-state index is 11.6. The number of likely N-dealkylation sites (tertiary alicyclic amines) is 1. The molecular formula is C16H22BrNO2. The fourth-order valence-corrected chi connectivity index (χ4v) is 3.48. The number of carboxylic acid groups (broad SMARTS) is 1. The van der Waals surface area contributed by atoms with Crippen LogP contribution in [0.3, 0.4) is 0 Å². The van der Waals surface area contributed by atoms with Gasteiger partial charge in [0.2, 0.25) is 0 Å². The summed E-state index contributed by atoms with van der Waals surface area (Å²) in [7, 11) is 0. The summed E-state index contributed by atoms with van der Waals surface area (Å²) in [5.41, 5.74) is 1.93. The fourth-order valence-electron chi connectivity index (χ4n) is 3.05. The van der Waals surface area contributed by atoms with Crippen LogP contribution in [0.15, 0.2) is 22.7 Å². The van der Waals surface area contributed by atoms with E-state index in [0.29, 0.717) is 6.54 Å². The normalized spacial score (nSPS) is 23.1. The second-order valence-corrected chi connectivity index (χ2v) is 6.73. The number of carboxylic acids is 1. The van der Waals surface area contributed by atoms with E-state index in [9.17, 15) is 9.90 Å². The molecule has 1 aromatic rings. The van der Waals surface area contributed by atoms with Crippen LogP contribution in [0, 0.1) is 12.3 Å². The standard InChI is InChI=1S/C16H22BrNO2/c1-3-6-16(15(19)20)7-8-18(11-16)10-13-5-4-12(2)14(17)9-13/h4-5,9H,3,6-8,10-11H2,1-2H3,(H,19,20). The van der Waals surface area contributed by atoms with Gasteiger partial charge in [0.1, 0.15) is 0 Å². The first-order chi connectivity index (χ1) is 9.47. The van der Waals surface area contributed by atoms with Gasteiger partial charge in [0, 0.05) is 17.6 Å². The first-order valence-electron chi connectivity index (χ1n) is 7.17. The largest absolute Gasteiger partial charge is 0.481 e. The summed E-state index contributed by atoms with van der Waals surface area (Å²) in [5, 5.41) is 9.53. The maximum atomic E-state index is 11.6. The molecule has 4 heteroatoms. The van der Waals surface area contributed by atoms with E-state index in [0.717, 1.165) is 36.8 Å². The van der Waals surface area contributed by atoms with Crippen molar-refractivity contribution in [2.24, 2.45) is 5.41 Å². The summed E-state index contributed by atoms with van der Waals surface area (Å²) in [4.78, 5) is 13.8. The molecule has 0 bridgehead atoms. The van der Waals surface area contributed by atoms with Crippen molar-refractivity contribution < 1.29 is 9.90 Å². The van der Waals surface area contributed by atoms with E-state index in [1.807, 2.05) is 0 Å². The zero-order chi connectivity index (χ0) is 14.8. The van der Waals surface area contributed by atoms with Crippen LogP contribution in [0.1, 0.15) is 37.3 Å². The van der Waals surface area contributed by atoms with Gasteiger partial charge >= 0.3 is 5.97 Å². The van der Waals surface area contributed by atoms with Gasteiger partial charge in [-0.15, -0.1) is 0 Å². The van der Waals surface area contributed by atoms with Gasteiger partial charge in [-0.3, -0.25) is 9.69 Å². The van der Waals surface area contributed by atoms with Crippen molar-refractivity contribution in [3.05, 3.63) is 33.8 Å². The van der Waals surface area contributed by atoms with Crippen LogP contribution < -0.4 is 0 Å². The van der Waals surface area contributed by atoms with Gasteiger partial charge in [-0.25, -0.2) is 0 Å². The number of carbonyl (C=O) groups is 1. The fraction of sp³-hybridized carbons (Fsp3) is 0.562. The van der Waals surface area contributed by atoms with Gasteiger partial charge in [-0.2, -0.15) is 0 Å². The lowest BCUT2D eigenvalue weighted by atomic mass is 9.83. The minimum atomic E-state index is -0.632. The SMILES string of the molecule is CCCC1(C(=O)O)CCN(Cc2ccc(C)c(Br)c2)C1. The summed E-state index contributed by atoms with van der Waals surface area (Å²) in [5.74, 6) is -0.632. The monoisotopic (exact) mass is 339 g/mol. The average Bonchev–Trinajstić information content (AvgIpc) is 2.79. The van der Waals surface area contributed by atoms with Gasteiger partial charge in [0.05, 0.1) is 5.41 Å².